The van der Waals surface area contributed by atoms with E-state index >= 15 is 0 Å². The fourth-order valence-corrected chi connectivity index (χ4v) is 5.12. The molecule has 2 aromatic carbocycles. The average Bonchev–Trinajstić information content (AvgIpc) is 2.52. The standard InChI is InChI=1S/C17H20NO3P/c1-3-20-22(19,21-4-2)17-13-9-5-7-11-15(13)18-16-12-8-6-10-14(16)17/h5-12,17-18H,3-4H2,1-2H3. The van der Waals surface area contributed by atoms with Gasteiger partial charge in [0.2, 0.25) is 0 Å². The van der Waals surface area contributed by atoms with Crippen LogP contribution in [0.4, 0.5) is 11.4 Å². The van der Waals surface area contributed by atoms with Crippen LogP contribution in [0.15, 0.2) is 48.5 Å². The topological polar surface area (TPSA) is 47.6 Å². The number of para-hydroxylation sites is 2. The molecule has 2 aromatic rings. The quantitative estimate of drug-likeness (QED) is 0.779. The molecule has 0 fully saturated rings. The third-order valence-electron chi connectivity index (χ3n) is 3.71. The largest absolute Gasteiger partial charge is 0.355 e. The van der Waals surface area contributed by atoms with Crippen LogP contribution in [0, 0.1) is 0 Å². The van der Waals surface area contributed by atoms with Crippen molar-refractivity contribution in [2.45, 2.75) is 19.5 Å². The summed E-state index contributed by atoms with van der Waals surface area (Å²) in [6, 6.07) is 15.8. The number of rotatable bonds is 5. The van der Waals surface area contributed by atoms with E-state index in [1.165, 1.54) is 0 Å². The first-order valence-corrected chi connectivity index (χ1v) is 9.14. The summed E-state index contributed by atoms with van der Waals surface area (Å²) in [7, 11) is -3.30. The van der Waals surface area contributed by atoms with Gasteiger partial charge in [0.1, 0.15) is 5.66 Å². The van der Waals surface area contributed by atoms with Crippen molar-refractivity contribution in [3.63, 3.8) is 0 Å². The number of benzene rings is 2. The molecule has 0 atom stereocenters. The summed E-state index contributed by atoms with van der Waals surface area (Å²) in [4.78, 5) is 0. The second-order valence-corrected chi connectivity index (χ2v) is 7.19. The molecule has 22 heavy (non-hydrogen) atoms. The number of hydrogen-bond donors (Lipinski definition) is 1. The number of nitrogens with one attached hydrogen (secondary N) is 1. The molecule has 0 aliphatic carbocycles. The Morgan fingerprint density at radius 2 is 1.36 bits per heavy atom. The van der Waals surface area contributed by atoms with Crippen LogP contribution in [-0.2, 0) is 13.6 Å². The highest BCUT2D eigenvalue weighted by atomic mass is 31.2. The average molecular weight is 317 g/mol. The minimum atomic E-state index is -3.30. The molecule has 116 valence electrons. The highest BCUT2D eigenvalue weighted by molar-refractivity contribution is 7.54. The molecule has 1 aliphatic rings. The minimum absolute atomic E-state index is 0.353. The summed E-state index contributed by atoms with van der Waals surface area (Å²) in [5.41, 5.74) is 3.40. The molecule has 4 nitrogen and oxygen atoms in total. The third-order valence-corrected chi connectivity index (χ3v) is 6.14. The van der Waals surface area contributed by atoms with Gasteiger partial charge in [-0.1, -0.05) is 36.4 Å². The predicted molar refractivity (Wildman–Crippen MR) is 88.9 cm³/mol. The van der Waals surface area contributed by atoms with E-state index in [2.05, 4.69) is 5.32 Å². The van der Waals surface area contributed by atoms with Gasteiger partial charge in [0.15, 0.2) is 0 Å². The van der Waals surface area contributed by atoms with Gasteiger partial charge in [-0.2, -0.15) is 0 Å². The highest BCUT2D eigenvalue weighted by Gasteiger charge is 2.42. The second kappa shape index (κ2) is 6.25. The van der Waals surface area contributed by atoms with Crippen LogP contribution in [0.3, 0.4) is 0 Å². The van der Waals surface area contributed by atoms with Crippen LogP contribution in [0.5, 0.6) is 0 Å². The number of anilines is 2. The maximum atomic E-state index is 13.4. The normalized spacial score (nSPS) is 14.1. The molecule has 1 heterocycles. The van der Waals surface area contributed by atoms with Gasteiger partial charge in [-0.15, -0.1) is 0 Å². The van der Waals surface area contributed by atoms with E-state index in [1.54, 1.807) is 0 Å². The van der Waals surface area contributed by atoms with Crippen molar-refractivity contribution in [2.24, 2.45) is 0 Å². The van der Waals surface area contributed by atoms with E-state index in [-0.39, 0.29) is 0 Å². The van der Waals surface area contributed by atoms with E-state index in [0.717, 1.165) is 22.5 Å². The first kappa shape index (κ1) is 15.3. The Morgan fingerprint density at radius 3 is 1.82 bits per heavy atom. The zero-order chi connectivity index (χ0) is 15.6. The summed E-state index contributed by atoms with van der Waals surface area (Å²) in [5, 5.41) is 3.39. The lowest BCUT2D eigenvalue weighted by Gasteiger charge is -2.33. The van der Waals surface area contributed by atoms with Crippen molar-refractivity contribution in [1.82, 2.24) is 0 Å². The first-order chi connectivity index (χ1) is 10.7. The van der Waals surface area contributed by atoms with Gasteiger partial charge in [-0.25, -0.2) is 0 Å². The molecule has 5 heteroatoms. The Hall–Kier alpha value is -1.61. The van der Waals surface area contributed by atoms with E-state index in [9.17, 15) is 4.57 Å². The SMILES string of the molecule is CCOP(=O)(OCC)C1c2ccccc2Nc2ccccc21. The molecule has 1 N–H and O–H groups in total. The van der Waals surface area contributed by atoms with Gasteiger partial charge in [0.05, 0.1) is 13.2 Å². The zero-order valence-electron chi connectivity index (χ0n) is 12.8. The fraction of sp³-hybridized carbons (Fsp3) is 0.294. The van der Waals surface area contributed by atoms with Crippen LogP contribution in [0.25, 0.3) is 0 Å². The predicted octanol–water partition coefficient (Wildman–Crippen LogP) is 5.10. The van der Waals surface area contributed by atoms with E-state index < -0.39 is 13.3 Å². The number of hydrogen-bond acceptors (Lipinski definition) is 4. The van der Waals surface area contributed by atoms with Crippen LogP contribution < -0.4 is 5.32 Å². The zero-order valence-corrected chi connectivity index (χ0v) is 13.7. The van der Waals surface area contributed by atoms with Gasteiger partial charge in [-0.3, -0.25) is 4.57 Å². The Morgan fingerprint density at radius 1 is 0.909 bits per heavy atom. The van der Waals surface area contributed by atoms with Gasteiger partial charge in [0, 0.05) is 11.4 Å². The summed E-state index contributed by atoms with van der Waals surface area (Å²) in [5.74, 6) is 0. The van der Waals surface area contributed by atoms with Crippen LogP contribution in [0.2, 0.25) is 0 Å². The van der Waals surface area contributed by atoms with Crippen molar-refractivity contribution in [3.8, 4) is 0 Å². The van der Waals surface area contributed by atoms with Crippen molar-refractivity contribution < 1.29 is 13.6 Å². The number of fused-ring (bicyclic) bond motifs is 2. The molecule has 0 bridgehead atoms. The third kappa shape index (κ3) is 2.58. The Kier molecular flexibility index (Phi) is 4.34. The summed E-state index contributed by atoms with van der Waals surface area (Å²) in [6.07, 6.45) is 0. The lowest BCUT2D eigenvalue weighted by atomic mass is 9.97. The molecular formula is C17H20NO3P. The van der Waals surface area contributed by atoms with Gasteiger partial charge >= 0.3 is 7.60 Å². The summed E-state index contributed by atoms with van der Waals surface area (Å²) < 4.78 is 24.7. The molecule has 0 radical (unpaired) electrons. The van der Waals surface area contributed by atoms with Gasteiger partial charge < -0.3 is 14.4 Å². The van der Waals surface area contributed by atoms with E-state index in [0.29, 0.717) is 13.2 Å². The second-order valence-electron chi connectivity index (χ2n) is 5.08. The maximum absolute atomic E-state index is 13.4. The maximum Gasteiger partial charge on any atom is 0.342 e. The first-order valence-electron chi connectivity index (χ1n) is 7.53. The monoisotopic (exact) mass is 317 g/mol. The molecule has 0 unspecified atom stereocenters. The van der Waals surface area contributed by atoms with Crippen molar-refractivity contribution in [2.75, 3.05) is 18.5 Å². The molecule has 0 saturated heterocycles. The molecule has 0 spiro atoms. The molecule has 1 aliphatic heterocycles. The molecule has 0 aromatic heterocycles. The summed E-state index contributed by atoms with van der Waals surface area (Å²) in [6.45, 7) is 4.38. The fourth-order valence-electron chi connectivity index (χ4n) is 2.90. The Labute approximate surface area is 131 Å². The molecule has 3 rings (SSSR count). The smallest absolute Gasteiger partial charge is 0.342 e. The lowest BCUT2D eigenvalue weighted by Crippen LogP contribution is -2.15. The molecular weight excluding hydrogens is 297 g/mol. The van der Waals surface area contributed by atoms with Gasteiger partial charge in [0.25, 0.3) is 0 Å². The Balaban J connectivity index is 2.19. The minimum Gasteiger partial charge on any atom is -0.355 e. The van der Waals surface area contributed by atoms with Crippen LogP contribution in [0.1, 0.15) is 30.6 Å². The van der Waals surface area contributed by atoms with Crippen molar-refractivity contribution in [3.05, 3.63) is 59.7 Å². The van der Waals surface area contributed by atoms with E-state index in [4.69, 9.17) is 9.05 Å². The lowest BCUT2D eigenvalue weighted by molar-refractivity contribution is 0.215. The molecule has 0 amide bonds. The van der Waals surface area contributed by atoms with Gasteiger partial charge in [-0.05, 0) is 37.1 Å². The van der Waals surface area contributed by atoms with Crippen molar-refractivity contribution in [1.29, 1.82) is 0 Å². The van der Waals surface area contributed by atoms with Crippen molar-refractivity contribution >= 4 is 19.0 Å². The highest BCUT2D eigenvalue weighted by Crippen LogP contribution is 2.66. The molecule has 0 saturated carbocycles. The Bertz CT molecular complexity index is 661. The summed E-state index contributed by atoms with van der Waals surface area (Å²) >= 11 is 0. The van der Waals surface area contributed by atoms with Crippen LogP contribution >= 0.6 is 7.60 Å². The van der Waals surface area contributed by atoms with E-state index in [1.807, 2.05) is 62.4 Å². The van der Waals surface area contributed by atoms with Crippen LogP contribution in [-0.4, -0.2) is 13.2 Å².